The molecule has 3 amide bonds. The Labute approximate surface area is 208 Å². The molecule has 0 saturated heterocycles. The maximum absolute atomic E-state index is 13.3. The number of amides is 3. The molecule has 0 radical (unpaired) electrons. The lowest BCUT2D eigenvalue weighted by Crippen LogP contribution is -2.44. The molecule has 0 spiro atoms. The number of hydrogen-bond acceptors (Lipinski definition) is 5. The Bertz CT molecular complexity index is 1060. The zero-order valence-electron chi connectivity index (χ0n) is 20.6. The molecule has 196 valence electrons. The van der Waals surface area contributed by atoms with Gasteiger partial charge in [0.25, 0.3) is 5.91 Å². The number of alkyl halides is 3. The molecule has 3 N–H and O–H groups in total. The van der Waals surface area contributed by atoms with E-state index in [1.54, 1.807) is 31.2 Å². The van der Waals surface area contributed by atoms with E-state index in [1.807, 2.05) is 13.8 Å². The van der Waals surface area contributed by atoms with Crippen molar-refractivity contribution in [2.24, 2.45) is 5.92 Å². The summed E-state index contributed by atoms with van der Waals surface area (Å²) >= 11 is 0. The number of likely N-dealkylation sites (N-methyl/N-ethyl adjacent to an activating group) is 1. The lowest BCUT2D eigenvalue weighted by atomic mass is 10.0. The first kappa shape index (κ1) is 27.3. The van der Waals surface area contributed by atoms with Gasteiger partial charge in [-0.2, -0.15) is 13.2 Å². The lowest BCUT2D eigenvalue weighted by molar-refractivity contribution is -0.137. The molecule has 0 bridgehead atoms. The van der Waals surface area contributed by atoms with E-state index in [0.717, 1.165) is 24.3 Å². The summed E-state index contributed by atoms with van der Waals surface area (Å²) in [6, 6.07) is 8.14. The van der Waals surface area contributed by atoms with Crippen molar-refractivity contribution in [2.45, 2.75) is 32.2 Å². The molecule has 2 aromatic rings. The van der Waals surface area contributed by atoms with Gasteiger partial charge in [0.1, 0.15) is 12.4 Å². The number of carbonyl (C=O) groups is 2. The number of carbonyl (C=O) groups excluding carboxylic acids is 2. The van der Waals surface area contributed by atoms with Crippen molar-refractivity contribution >= 4 is 23.3 Å². The summed E-state index contributed by atoms with van der Waals surface area (Å²) in [5.41, 5.74) is -0.0451. The van der Waals surface area contributed by atoms with Gasteiger partial charge >= 0.3 is 12.2 Å². The van der Waals surface area contributed by atoms with Gasteiger partial charge in [-0.1, -0.05) is 6.92 Å². The summed E-state index contributed by atoms with van der Waals surface area (Å²) in [4.78, 5) is 27.3. The van der Waals surface area contributed by atoms with Crippen LogP contribution in [-0.4, -0.2) is 62.8 Å². The minimum atomic E-state index is -4.46. The molecule has 1 aliphatic heterocycles. The molecule has 0 saturated carbocycles. The summed E-state index contributed by atoms with van der Waals surface area (Å²) in [5, 5.41) is 8.50. The number of fused-ring (bicyclic) bond motifs is 1. The van der Waals surface area contributed by atoms with E-state index >= 15 is 0 Å². The summed E-state index contributed by atoms with van der Waals surface area (Å²) in [6.07, 6.45) is -4.65. The van der Waals surface area contributed by atoms with Crippen LogP contribution in [0.5, 0.6) is 5.75 Å². The maximum atomic E-state index is 13.3. The first-order chi connectivity index (χ1) is 17.0. The number of anilines is 2. The van der Waals surface area contributed by atoms with Gasteiger partial charge in [-0.05, 0) is 55.3 Å². The molecule has 3 rings (SSSR count). The molecule has 1 aliphatic rings. The molecule has 3 atom stereocenters. The number of halogens is 3. The highest BCUT2D eigenvalue weighted by Gasteiger charge is 2.30. The van der Waals surface area contributed by atoms with Crippen LogP contribution in [0.4, 0.5) is 29.3 Å². The highest BCUT2D eigenvalue weighted by atomic mass is 19.4. The van der Waals surface area contributed by atoms with Crippen molar-refractivity contribution < 1.29 is 32.2 Å². The van der Waals surface area contributed by atoms with Gasteiger partial charge < -0.3 is 30.3 Å². The van der Waals surface area contributed by atoms with Crippen LogP contribution in [-0.2, 0) is 10.9 Å². The number of nitrogens with one attached hydrogen (secondary N) is 3. The highest BCUT2D eigenvalue weighted by Crippen LogP contribution is 2.30. The van der Waals surface area contributed by atoms with Crippen molar-refractivity contribution in [2.75, 3.05) is 44.5 Å². The van der Waals surface area contributed by atoms with Crippen LogP contribution in [0.25, 0.3) is 0 Å². The average molecular weight is 509 g/mol. The minimum absolute atomic E-state index is 0.0253. The number of rotatable bonds is 3. The van der Waals surface area contributed by atoms with Crippen LogP contribution in [0.2, 0.25) is 0 Å². The second-order valence-electron chi connectivity index (χ2n) is 8.92. The number of ether oxygens (including phenoxy) is 2. The van der Waals surface area contributed by atoms with Crippen molar-refractivity contribution in [3.63, 3.8) is 0 Å². The maximum Gasteiger partial charge on any atom is 0.416 e. The van der Waals surface area contributed by atoms with Crippen molar-refractivity contribution in [1.82, 2.24) is 10.2 Å². The fourth-order valence-electron chi connectivity index (χ4n) is 3.77. The quantitative estimate of drug-likeness (QED) is 0.570. The van der Waals surface area contributed by atoms with Gasteiger partial charge in [-0.3, -0.25) is 4.79 Å². The molecule has 2 aromatic carbocycles. The second-order valence-corrected chi connectivity index (χ2v) is 8.92. The summed E-state index contributed by atoms with van der Waals surface area (Å²) in [6.45, 7) is 5.42. The van der Waals surface area contributed by atoms with Crippen LogP contribution < -0.4 is 20.7 Å². The normalized spacial score (nSPS) is 21.5. The number of methoxy groups -OCH3 is 1. The standard InChI is InChI=1S/C25H31F3N4O4/c1-15-12-29-16(2)14-36-21-10-9-19(11-20(21)23(33)32(3)13-22(15)35-4)31-24(34)30-18-7-5-17(6-8-18)25(26,27)28/h5-11,15-16,22,29H,12-14H2,1-4H3,(H2,30,31,34)/t15-,16+,22-/m1/s1. The smallest absolute Gasteiger partial charge is 0.416 e. The summed E-state index contributed by atoms with van der Waals surface area (Å²) < 4.78 is 49.8. The van der Waals surface area contributed by atoms with Gasteiger partial charge in [-0.15, -0.1) is 0 Å². The predicted octanol–water partition coefficient (Wildman–Crippen LogP) is 4.44. The van der Waals surface area contributed by atoms with Crippen LogP contribution in [0.15, 0.2) is 42.5 Å². The number of benzene rings is 2. The first-order valence-corrected chi connectivity index (χ1v) is 11.5. The van der Waals surface area contributed by atoms with Gasteiger partial charge in [0.05, 0.1) is 17.2 Å². The Morgan fingerprint density at radius 2 is 1.75 bits per heavy atom. The Balaban J connectivity index is 1.78. The van der Waals surface area contributed by atoms with Gasteiger partial charge in [0.2, 0.25) is 0 Å². The highest BCUT2D eigenvalue weighted by molar-refractivity contribution is 6.02. The largest absolute Gasteiger partial charge is 0.491 e. The molecular weight excluding hydrogens is 477 g/mol. The Kier molecular flexibility index (Phi) is 8.80. The Hall–Kier alpha value is -3.31. The van der Waals surface area contributed by atoms with Crippen LogP contribution in [0.3, 0.4) is 0 Å². The second kappa shape index (κ2) is 11.6. The summed E-state index contributed by atoms with van der Waals surface area (Å²) in [5.74, 6) is 0.220. The summed E-state index contributed by atoms with van der Waals surface area (Å²) in [7, 11) is 3.28. The average Bonchev–Trinajstić information content (AvgIpc) is 2.83. The topological polar surface area (TPSA) is 91.9 Å². The number of nitrogens with zero attached hydrogens (tertiary/aromatic N) is 1. The molecule has 8 nitrogen and oxygen atoms in total. The minimum Gasteiger partial charge on any atom is -0.491 e. The molecule has 1 heterocycles. The third kappa shape index (κ3) is 7.11. The third-order valence-corrected chi connectivity index (χ3v) is 5.95. The fraction of sp³-hybridized carbons (Fsp3) is 0.440. The van der Waals surface area contributed by atoms with Gasteiger partial charge in [-0.25, -0.2) is 4.79 Å². The van der Waals surface area contributed by atoms with Crippen molar-refractivity contribution in [3.8, 4) is 5.75 Å². The lowest BCUT2D eigenvalue weighted by Gasteiger charge is -2.30. The third-order valence-electron chi connectivity index (χ3n) is 5.95. The molecule has 0 aliphatic carbocycles. The van der Waals surface area contributed by atoms with E-state index in [2.05, 4.69) is 16.0 Å². The Morgan fingerprint density at radius 3 is 2.39 bits per heavy atom. The monoisotopic (exact) mass is 508 g/mol. The van der Waals surface area contributed by atoms with E-state index in [0.29, 0.717) is 31.1 Å². The molecule has 0 unspecified atom stereocenters. The zero-order valence-corrected chi connectivity index (χ0v) is 20.6. The Morgan fingerprint density at radius 1 is 1.11 bits per heavy atom. The molecule has 0 aromatic heterocycles. The molecule has 36 heavy (non-hydrogen) atoms. The van der Waals surface area contributed by atoms with Gasteiger partial charge in [0.15, 0.2) is 0 Å². The molecular formula is C25H31F3N4O4. The van der Waals surface area contributed by atoms with E-state index in [9.17, 15) is 22.8 Å². The predicted molar refractivity (Wildman–Crippen MR) is 130 cm³/mol. The van der Waals surface area contributed by atoms with Crippen molar-refractivity contribution in [3.05, 3.63) is 53.6 Å². The van der Waals surface area contributed by atoms with Crippen molar-refractivity contribution in [1.29, 1.82) is 0 Å². The van der Waals surface area contributed by atoms with Gasteiger partial charge in [0, 0.05) is 44.7 Å². The van der Waals surface area contributed by atoms with Crippen LogP contribution in [0.1, 0.15) is 29.8 Å². The van der Waals surface area contributed by atoms with Crippen LogP contribution >= 0.6 is 0 Å². The SMILES string of the molecule is CO[C@@H]1CN(C)C(=O)c2cc(NC(=O)Nc3ccc(C(F)(F)F)cc3)ccc2OC[C@H](C)NC[C@H]1C. The van der Waals surface area contributed by atoms with E-state index < -0.39 is 17.8 Å². The molecule has 0 fully saturated rings. The number of hydrogen-bond donors (Lipinski definition) is 3. The van der Waals surface area contributed by atoms with Crippen LogP contribution in [0, 0.1) is 5.92 Å². The first-order valence-electron chi connectivity index (χ1n) is 11.5. The zero-order chi connectivity index (χ0) is 26.5. The van der Waals surface area contributed by atoms with E-state index in [1.165, 1.54) is 6.07 Å². The number of urea groups is 1. The fourth-order valence-corrected chi connectivity index (χ4v) is 3.77. The van der Waals surface area contributed by atoms with E-state index in [-0.39, 0.29) is 35.2 Å². The molecule has 11 heteroatoms. The van der Waals surface area contributed by atoms with E-state index in [4.69, 9.17) is 9.47 Å².